The largest absolute Gasteiger partial charge is 0.489 e. The molecule has 0 spiro atoms. The van der Waals surface area contributed by atoms with Crippen LogP contribution in [0.5, 0.6) is 5.75 Å². The van der Waals surface area contributed by atoms with Crippen LogP contribution in [0.3, 0.4) is 0 Å². The molecule has 1 aromatic heterocycles. The summed E-state index contributed by atoms with van der Waals surface area (Å²) >= 11 is 0. The van der Waals surface area contributed by atoms with E-state index in [1.54, 1.807) is 0 Å². The van der Waals surface area contributed by atoms with Crippen LogP contribution in [0.15, 0.2) is 65.6 Å². The molecule has 0 amide bonds. The average Bonchev–Trinajstić information content (AvgIpc) is 3.01. The summed E-state index contributed by atoms with van der Waals surface area (Å²) in [7, 11) is 0. The summed E-state index contributed by atoms with van der Waals surface area (Å²) in [6, 6.07) is 18.4. The van der Waals surface area contributed by atoms with Crippen LogP contribution in [0.4, 0.5) is 0 Å². The lowest BCUT2D eigenvalue weighted by Gasteiger charge is -2.14. The van der Waals surface area contributed by atoms with Crippen molar-refractivity contribution in [1.82, 2.24) is 4.57 Å². The highest BCUT2D eigenvalue weighted by atomic mass is 16.5. The van der Waals surface area contributed by atoms with Crippen molar-refractivity contribution in [3.8, 4) is 16.9 Å². The van der Waals surface area contributed by atoms with E-state index in [0.29, 0.717) is 13.0 Å². The number of aromatic nitrogens is 1. The van der Waals surface area contributed by atoms with Gasteiger partial charge >= 0.3 is 0 Å². The van der Waals surface area contributed by atoms with E-state index in [1.165, 1.54) is 5.56 Å². The van der Waals surface area contributed by atoms with Crippen LogP contribution < -0.4 is 10.3 Å². The number of aryl methyl sites for hydroxylation is 1. The Morgan fingerprint density at radius 1 is 1.08 bits per heavy atom. The lowest BCUT2D eigenvalue weighted by Crippen LogP contribution is -2.23. The number of nitrogens with zero attached hydrogens (tertiary/aromatic N) is 1. The molecule has 0 bridgehead atoms. The SMILES string of the molecule is Cc1ccc(-c2cn(Cc3ccccc3)c(=O)c3c2OC(C)C3)cc1. The molecule has 126 valence electrons. The Labute approximate surface area is 147 Å². The summed E-state index contributed by atoms with van der Waals surface area (Å²) in [5.74, 6) is 0.755. The van der Waals surface area contributed by atoms with Crippen molar-refractivity contribution in [2.24, 2.45) is 0 Å². The number of hydrogen-bond donors (Lipinski definition) is 0. The molecule has 1 aliphatic rings. The van der Waals surface area contributed by atoms with Crippen molar-refractivity contribution >= 4 is 0 Å². The fraction of sp³-hybridized carbons (Fsp3) is 0.227. The van der Waals surface area contributed by atoms with Gasteiger partial charge in [-0.3, -0.25) is 4.79 Å². The summed E-state index contributed by atoms with van der Waals surface area (Å²) < 4.78 is 7.81. The molecular weight excluding hydrogens is 310 g/mol. The molecule has 3 nitrogen and oxygen atoms in total. The third-order valence-electron chi connectivity index (χ3n) is 4.69. The summed E-state index contributed by atoms with van der Waals surface area (Å²) in [4.78, 5) is 12.9. The molecule has 0 saturated carbocycles. The standard InChI is InChI=1S/C22H21NO2/c1-15-8-10-18(11-9-15)20-14-23(13-17-6-4-3-5-7-17)22(24)19-12-16(2)25-21(19)20/h3-11,14,16H,12-13H2,1-2H3. The Bertz CT molecular complexity index is 956. The molecule has 3 heteroatoms. The van der Waals surface area contributed by atoms with E-state index in [2.05, 4.69) is 31.2 Å². The highest BCUT2D eigenvalue weighted by Crippen LogP contribution is 2.37. The van der Waals surface area contributed by atoms with Crippen LogP contribution >= 0.6 is 0 Å². The monoisotopic (exact) mass is 331 g/mol. The average molecular weight is 331 g/mol. The molecule has 0 N–H and O–H groups in total. The van der Waals surface area contributed by atoms with Gasteiger partial charge in [0.2, 0.25) is 0 Å². The lowest BCUT2D eigenvalue weighted by atomic mass is 10.0. The summed E-state index contributed by atoms with van der Waals surface area (Å²) in [6.45, 7) is 4.66. The van der Waals surface area contributed by atoms with Crippen molar-refractivity contribution in [3.63, 3.8) is 0 Å². The smallest absolute Gasteiger partial charge is 0.257 e. The molecule has 25 heavy (non-hydrogen) atoms. The third-order valence-corrected chi connectivity index (χ3v) is 4.69. The van der Waals surface area contributed by atoms with E-state index in [9.17, 15) is 4.79 Å². The highest BCUT2D eigenvalue weighted by Gasteiger charge is 2.27. The van der Waals surface area contributed by atoms with E-state index >= 15 is 0 Å². The Morgan fingerprint density at radius 2 is 1.80 bits per heavy atom. The van der Waals surface area contributed by atoms with Gasteiger partial charge in [0.05, 0.1) is 12.1 Å². The lowest BCUT2D eigenvalue weighted by molar-refractivity contribution is 0.255. The van der Waals surface area contributed by atoms with Crippen molar-refractivity contribution in [2.45, 2.75) is 32.9 Å². The molecule has 1 atom stereocenters. The van der Waals surface area contributed by atoms with E-state index in [4.69, 9.17) is 4.74 Å². The fourth-order valence-corrected chi connectivity index (χ4v) is 3.39. The molecule has 4 rings (SSSR count). The Kier molecular flexibility index (Phi) is 3.92. The zero-order valence-corrected chi connectivity index (χ0v) is 14.5. The molecule has 1 aliphatic heterocycles. The first-order valence-corrected chi connectivity index (χ1v) is 8.66. The van der Waals surface area contributed by atoms with Gasteiger partial charge in [-0.2, -0.15) is 0 Å². The van der Waals surface area contributed by atoms with Crippen LogP contribution in [0.1, 0.15) is 23.6 Å². The molecule has 0 saturated heterocycles. The Hall–Kier alpha value is -2.81. The number of fused-ring (bicyclic) bond motifs is 1. The summed E-state index contributed by atoms with van der Waals surface area (Å²) in [6.07, 6.45) is 2.65. The van der Waals surface area contributed by atoms with E-state index in [0.717, 1.165) is 28.0 Å². The Balaban J connectivity index is 1.86. The van der Waals surface area contributed by atoms with E-state index < -0.39 is 0 Å². The normalized spacial score (nSPS) is 15.7. The Morgan fingerprint density at radius 3 is 2.52 bits per heavy atom. The number of ether oxygens (including phenoxy) is 1. The van der Waals surface area contributed by atoms with Gasteiger partial charge in [-0.25, -0.2) is 0 Å². The molecule has 0 fully saturated rings. The summed E-state index contributed by atoms with van der Waals surface area (Å²) in [5, 5.41) is 0. The van der Waals surface area contributed by atoms with Gasteiger partial charge in [-0.05, 0) is 25.0 Å². The quantitative estimate of drug-likeness (QED) is 0.720. The van der Waals surface area contributed by atoms with Gasteiger partial charge in [-0.15, -0.1) is 0 Å². The zero-order valence-electron chi connectivity index (χ0n) is 14.5. The second kappa shape index (κ2) is 6.25. The van der Waals surface area contributed by atoms with Crippen LogP contribution in [0.2, 0.25) is 0 Å². The second-order valence-corrected chi connectivity index (χ2v) is 6.77. The van der Waals surface area contributed by atoms with Gasteiger partial charge in [0.25, 0.3) is 5.56 Å². The minimum atomic E-state index is 0.0412. The highest BCUT2D eigenvalue weighted by molar-refractivity contribution is 5.72. The van der Waals surface area contributed by atoms with Gasteiger partial charge in [0.15, 0.2) is 0 Å². The first-order valence-electron chi connectivity index (χ1n) is 8.66. The number of pyridine rings is 1. The molecule has 0 radical (unpaired) electrons. The minimum Gasteiger partial charge on any atom is -0.489 e. The minimum absolute atomic E-state index is 0.0412. The van der Waals surface area contributed by atoms with Crippen molar-refractivity contribution in [1.29, 1.82) is 0 Å². The predicted molar refractivity (Wildman–Crippen MR) is 100 cm³/mol. The van der Waals surface area contributed by atoms with Gasteiger partial charge in [0.1, 0.15) is 11.9 Å². The molecule has 2 aromatic carbocycles. The van der Waals surface area contributed by atoms with Crippen molar-refractivity contribution in [2.75, 3.05) is 0 Å². The predicted octanol–water partition coefficient (Wildman–Crippen LogP) is 4.20. The van der Waals surface area contributed by atoms with E-state index in [1.807, 2.05) is 48.0 Å². The molecule has 1 unspecified atom stereocenters. The van der Waals surface area contributed by atoms with Crippen LogP contribution in [-0.4, -0.2) is 10.7 Å². The molecule has 3 aromatic rings. The number of hydrogen-bond acceptors (Lipinski definition) is 2. The maximum absolute atomic E-state index is 12.9. The molecule has 2 heterocycles. The second-order valence-electron chi connectivity index (χ2n) is 6.77. The topological polar surface area (TPSA) is 31.2 Å². The van der Waals surface area contributed by atoms with Gasteiger partial charge in [0, 0.05) is 18.2 Å². The van der Waals surface area contributed by atoms with Gasteiger partial charge in [-0.1, -0.05) is 60.2 Å². The zero-order chi connectivity index (χ0) is 17.4. The first kappa shape index (κ1) is 15.7. The maximum Gasteiger partial charge on any atom is 0.257 e. The van der Waals surface area contributed by atoms with Crippen LogP contribution in [-0.2, 0) is 13.0 Å². The van der Waals surface area contributed by atoms with Crippen molar-refractivity contribution < 1.29 is 4.74 Å². The first-order chi connectivity index (χ1) is 12.1. The third kappa shape index (κ3) is 2.98. The fourth-order valence-electron chi connectivity index (χ4n) is 3.39. The van der Waals surface area contributed by atoms with Crippen LogP contribution in [0, 0.1) is 6.92 Å². The van der Waals surface area contributed by atoms with Crippen molar-refractivity contribution in [3.05, 3.63) is 87.8 Å². The number of rotatable bonds is 3. The maximum atomic E-state index is 12.9. The summed E-state index contributed by atoms with van der Waals surface area (Å²) in [5.41, 5.74) is 5.26. The molecular formula is C22H21NO2. The number of benzene rings is 2. The molecule has 0 aliphatic carbocycles. The van der Waals surface area contributed by atoms with E-state index in [-0.39, 0.29) is 11.7 Å². The van der Waals surface area contributed by atoms with Gasteiger partial charge < -0.3 is 9.30 Å². The van der Waals surface area contributed by atoms with Crippen LogP contribution in [0.25, 0.3) is 11.1 Å².